The Morgan fingerprint density at radius 1 is 1.38 bits per heavy atom. The maximum Gasteiger partial charge on any atom is 0.173 e. The maximum atomic E-state index is 11.8. The summed E-state index contributed by atoms with van der Waals surface area (Å²) in [7, 11) is 0. The number of ketones is 1. The summed E-state index contributed by atoms with van der Waals surface area (Å²) in [5, 5.41) is 2.00. The van der Waals surface area contributed by atoms with E-state index in [1.165, 1.54) is 11.8 Å². The molecule has 16 heavy (non-hydrogen) atoms. The molecular formula is C12H11NOS2. The predicted molar refractivity (Wildman–Crippen MR) is 68.3 cm³/mol. The fourth-order valence-electron chi connectivity index (χ4n) is 1.23. The van der Waals surface area contributed by atoms with Crippen LogP contribution in [0.4, 0.5) is 0 Å². The van der Waals surface area contributed by atoms with E-state index in [-0.39, 0.29) is 5.78 Å². The van der Waals surface area contributed by atoms with Crippen LogP contribution in [0, 0.1) is 6.92 Å². The van der Waals surface area contributed by atoms with Crippen molar-refractivity contribution >= 4 is 28.9 Å². The molecular weight excluding hydrogens is 238 g/mol. The molecule has 0 aliphatic heterocycles. The van der Waals surface area contributed by atoms with Gasteiger partial charge in [-0.05, 0) is 6.92 Å². The highest BCUT2D eigenvalue weighted by molar-refractivity contribution is 8.01. The van der Waals surface area contributed by atoms with Crippen molar-refractivity contribution in [3.63, 3.8) is 0 Å². The summed E-state index contributed by atoms with van der Waals surface area (Å²) in [6.07, 6.45) is 0. The molecule has 0 atom stereocenters. The van der Waals surface area contributed by atoms with Gasteiger partial charge in [-0.2, -0.15) is 0 Å². The fraction of sp³-hybridized carbons (Fsp3) is 0.167. The molecule has 2 nitrogen and oxygen atoms in total. The quantitative estimate of drug-likeness (QED) is 0.614. The number of benzene rings is 1. The van der Waals surface area contributed by atoms with Gasteiger partial charge in [0.15, 0.2) is 10.1 Å². The minimum absolute atomic E-state index is 0.151. The Labute approximate surface area is 103 Å². The van der Waals surface area contributed by atoms with Crippen molar-refractivity contribution in [2.24, 2.45) is 0 Å². The first kappa shape index (κ1) is 11.4. The number of hydrogen-bond donors (Lipinski definition) is 0. The van der Waals surface area contributed by atoms with Crippen molar-refractivity contribution in [2.45, 2.75) is 11.3 Å². The van der Waals surface area contributed by atoms with Gasteiger partial charge in [-0.1, -0.05) is 42.1 Å². The van der Waals surface area contributed by atoms with E-state index in [0.29, 0.717) is 5.75 Å². The Kier molecular flexibility index (Phi) is 3.74. The number of thioether (sulfide) groups is 1. The molecule has 0 amide bonds. The van der Waals surface area contributed by atoms with Crippen LogP contribution in [0.2, 0.25) is 0 Å². The van der Waals surface area contributed by atoms with E-state index in [4.69, 9.17) is 0 Å². The van der Waals surface area contributed by atoms with Crippen molar-refractivity contribution < 1.29 is 4.79 Å². The van der Waals surface area contributed by atoms with E-state index in [1.807, 2.05) is 42.6 Å². The van der Waals surface area contributed by atoms with Crippen LogP contribution >= 0.6 is 23.1 Å². The first-order chi connectivity index (χ1) is 7.75. The van der Waals surface area contributed by atoms with Crippen molar-refractivity contribution in [1.82, 2.24) is 4.98 Å². The fourth-order valence-corrected chi connectivity index (χ4v) is 2.98. The van der Waals surface area contributed by atoms with Crippen LogP contribution in [0.15, 0.2) is 40.1 Å². The van der Waals surface area contributed by atoms with Crippen molar-refractivity contribution in [3.05, 3.63) is 47.0 Å². The highest BCUT2D eigenvalue weighted by Gasteiger charge is 2.07. The standard InChI is InChI=1S/C12H11NOS2/c1-9-7-15-12(13-9)16-8-11(14)10-5-3-2-4-6-10/h2-7H,8H2,1H3. The zero-order valence-corrected chi connectivity index (χ0v) is 10.5. The molecule has 0 radical (unpaired) electrons. The molecule has 1 aromatic carbocycles. The summed E-state index contributed by atoms with van der Waals surface area (Å²) in [6.45, 7) is 1.96. The normalized spacial score (nSPS) is 10.3. The van der Waals surface area contributed by atoms with E-state index in [1.54, 1.807) is 11.3 Å². The molecule has 0 aliphatic carbocycles. The number of carbonyl (C=O) groups excluding carboxylic acids is 1. The van der Waals surface area contributed by atoms with Gasteiger partial charge in [0.25, 0.3) is 0 Å². The molecule has 0 fully saturated rings. The lowest BCUT2D eigenvalue weighted by atomic mass is 10.2. The number of Topliss-reactive ketones (excluding diaryl/α,β-unsaturated/α-hetero) is 1. The summed E-state index contributed by atoms with van der Waals surface area (Å²) in [5.74, 6) is 0.607. The van der Waals surface area contributed by atoms with E-state index in [0.717, 1.165) is 15.6 Å². The number of thiazole rings is 1. The van der Waals surface area contributed by atoms with Crippen LogP contribution in [0.1, 0.15) is 16.1 Å². The topological polar surface area (TPSA) is 30.0 Å². The van der Waals surface area contributed by atoms with Gasteiger partial charge in [0.05, 0.1) is 5.75 Å². The molecule has 0 N–H and O–H groups in total. The van der Waals surface area contributed by atoms with Gasteiger partial charge in [0, 0.05) is 16.6 Å². The minimum Gasteiger partial charge on any atom is -0.293 e. The molecule has 2 rings (SSSR count). The SMILES string of the molecule is Cc1csc(SCC(=O)c2ccccc2)n1. The third kappa shape index (κ3) is 2.93. The van der Waals surface area contributed by atoms with Crippen molar-refractivity contribution in [1.29, 1.82) is 0 Å². The summed E-state index contributed by atoms with van der Waals surface area (Å²) >= 11 is 3.09. The van der Waals surface area contributed by atoms with Gasteiger partial charge in [0.1, 0.15) is 0 Å². The van der Waals surface area contributed by atoms with Crippen LogP contribution < -0.4 is 0 Å². The van der Waals surface area contributed by atoms with Crippen molar-refractivity contribution in [3.8, 4) is 0 Å². The molecule has 2 aromatic rings. The number of carbonyl (C=O) groups is 1. The van der Waals surface area contributed by atoms with Gasteiger partial charge in [-0.15, -0.1) is 11.3 Å². The average Bonchev–Trinajstić information content (AvgIpc) is 2.73. The number of aromatic nitrogens is 1. The van der Waals surface area contributed by atoms with Crippen LogP contribution in [0.5, 0.6) is 0 Å². The lowest BCUT2D eigenvalue weighted by Gasteiger charge is -1.98. The third-order valence-corrected chi connectivity index (χ3v) is 4.16. The molecule has 0 saturated heterocycles. The number of hydrogen-bond acceptors (Lipinski definition) is 4. The van der Waals surface area contributed by atoms with Crippen LogP contribution in [-0.4, -0.2) is 16.5 Å². The Hall–Kier alpha value is -1.13. The molecule has 1 heterocycles. The average molecular weight is 249 g/mol. The minimum atomic E-state index is 0.151. The number of nitrogens with zero attached hydrogens (tertiary/aromatic N) is 1. The summed E-state index contributed by atoms with van der Waals surface area (Å²) in [5.41, 5.74) is 1.78. The maximum absolute atomic E-state index is 11.8. The molecule has 0 unspecified atom stereocenters. The Morgan fingerprint density at radius 3 is 2.75 bits per heavy atom. The second-order valence-electron chi connectivity index (χ2n) is 3.33. The second kappa shape index (κ2) is 5.27. The highest BCUT2D eigenvalue weighted by atomic mass is 32.2. The molecule has 0 aliphatic rings. The lowest BCUT2D eigenvalue weighted by molar-refractivity contribution is 0.102. The first-order valence-electron chi connectivity index (χ1n) is 4.89. The lowest BCUT2D eigenvalue weighted by Crippen LogP contribution is -2.01. The summed E-state index contributed by atoms with van der Waals surface area (Å²) in [4.78, 5) is 16.1. The second-order valence-corrected chi connectivity index (χ2v) is 5.41. The molecule has 82 valence electrons. The highest BCUT2D eigenvalue weighted by Crippen LogP contribution is 2.23. The van der Waals surface area contributed by atoms with Crippen molar-refractivity contribution in [2.75, 3.05) is 5.75 Å². The van der Waals surface area contributed by atoms with Gasteiger partial charge in [-0.25, -0.2) is 4.98 Å². The van der Waals surface area contributed by atoms with Gasteiger partial charge in [-0.3, -0.25) is 4.79 Å². The summed E-state index contributed by atoms with van der Waals surface area (Å²) in [6, 6.07) is 9.36. The van der Waals surface area contributed by atoms with E-state index in [9.17, 15) is 4.79 Å². The van der Waals surface area contributed by atoms with Gasteiger partial charge >= 0.3 is 0 Å². The Balaban J connectivity index is 1.94. The smallest absolute Gasteiger partial charge is 0.173 e. The monoisotopic (exact) mass is 249 g/mol. The van der Waals surface area contributed by atoms with Crippen LogP contribution in [-0.2, 0) is 0 Å². The number of aryl methyl sites for hydroxylation is 1. The first-order valence-corrected chi connectivity index (χ1v) is 6.75. The third-order valence-electron chi connectivity index (χ3n) is 2.02. The van der Waals surface area contributed by atoms with Crippen LogP contribution in [0.25, 0.3) is 0 Å². The molecule has 4 heteroatoms. The largest absolute Gasteiger partial charge is 0.293 e. The van der Waals surface area contributed by atoms with E-state index >= 15 is 0 Å². The molecule has 0 spiro atoms. The zero-order valence-electron chi connectivity index (χ0n) is 8.84. The Bertz CT molecular complexity index is 479. The molecule has 0 bridgehead atoms. The molecule has 0 saturated carbocycles. The summed E-state index contributed by atoms with van der Waals surface area (Å²) < 4.78 is 0.960. The number of rotatable bonds is 4. The Morgan fingerprint density at radius 2 is 2.12 bits per heavy atom. The van der Waals surface area contributed by atoms with Gasteiger partial charge in [0.2, 0.25) is 0 Å². The van der Waals surface area contributed by atoms with Gasteiger partial charge < -0.3 is 0 Å². The zero-order chi connectivity index (χ0) is 11.4. The molecule has 1 aromatic heterocycles. The van der Waals surface area contributed by atoms with E-state index in [2.05, 4.69) is 4.98 Å². The van der Waals surface area contributed by atoms with E-state index < -0.39 is 0 Å². The van der Waals surface area contributed by atoms with Crippen LogP contribution in [0.3, 0.4) is 0 Å². The predicted octanol–water partition coefficient (Wildman–Crippen LogP) is 3.43.